The van der Waals surface area contributed by atoms with Crippen LogP contribution in [0.15, 0.2) is 73.4 Å². The minimum absolute atomic E-state index is 0.255. The van der Waals surface area contributed by atoms with Gasteiger partial charge in [-0.3, -0.25) is 0 Å². The minimum Gasteiger partial charge on any atom is -0.478 e. The molecular weight excluding hydrogens is 352 g/mol. The second kappa shape index (κ2) is 7.52. The normalized spacial score (nSPS) is 10.9. The predicted molar refractivity (Wildman–Crippen MR) is 107 cm³/mol. The number of aromatic carboxylic acids is 1. The van der Waals surface area contributed by atoms with Gasteiger partial charge in [0.15, 0.2) is 0 Å². The van der Waals surface area contributed by atoms with Gasteiger partial charge in [0.25, 0.3) is 0 Å². The number of aryl methyl sites for hydroxylation is 1. The van der Waals surface area contributed by atoms with Crippen molar-refractivity contribution < 1.29 is 9.90 Å². The summed E-state index contributed by atoms with van der Waals surface area (Å²) < 4.78 is 4.06. The predicted octanol–water partition coefficient (Wildman–Crippen LogP) is 4.18. The van der Waals surface area contributed by atoms with E-state index in [1.807, 2.05) is 53.2 Å². The molecule has 0 radical (unpaired) electrons. The van der Waals surface area contributed by atoms with Crippen molar-refractivity contribution in [1.82, 2.24) is 19.1 Å². The van der Waals surface area contributed by atoms with Crippen molar-refractivity contribution in [2.45, 2.75) is 20.0 Å². The zero-order valence-corrected chi connectivity index (χ0v) is 15.5. The fraction of sp³-hybridized carbons (Fsp3) is 0.136. The maximum atomic E-state index is 11.8. The Kier molecular flexibility index (Phi) is 4.76. The molecule has 0 bridgehead atoms. The third-order valence-electron chi connectivity index (χ3n) is 4.77. The molecule has 4 rings (SSSR count). The van der Waals surface area contributed by atoms with E-state index in [4.69, 9.17) is 0 Å². The molecule has 2 aromatic carbocycles. The Morgan fingerprint density at radius 3 is 2.50 bits per heavy atom. The highest BCUT2D eigenvalue weighted by Crippen LogP contribution is 2.33. The van der Waals surface area contributed by atoms with Crippen molar-refractivity contribution in [1.29, 1.82) is 0 Å². The smallest absolute Gasteiger partial charge is 0.336 e. The highest BCUT2D eigenvalue weighted by Gasteiger charge is 2.20. The van der Waals surface area contributed by atoms with Crippen LogP contribution in [0.3, 0.4) is 0 Å². The molecule has 0 atom stereocenters. The summed E-state index contributed by atoms with van der Waals surface area (Å²) in [6.07, 6.45) is 5.40. The second-order valence-electron chi connectivity index (χ2n) is 6.46. The van der Waals surface area contributed by atoms with Crippen LogP contribution in [0, 0.1) is 0 Å². The first-order valence-corrected chi connectivity index (χ1v) is 9.11. The molecule has 0 saturated carbocycles. The van der Waals surface area contributed by atoms with E-state index >= 15 is 0 Å². The van der Waals surface area contributed by atoms with Gasteiger partial charge < -0.3 is 14.2 Å². The van der Waals surface area contributed by atoms with E-state index in [1.165, 1.54) is 0 Å². The van der Waals surface area contributed by atoms with Gasteiger partial charge in [-0.15, -0.1) is 0 Å². The van der Waals surface area contributed by atoms with Crippen molar-refractivity contribution in [2.75, 3.05) is 0 Å². The summed E-state index contributed by atoms with van der Waals surface area (Å²) >= 11 is 0. The van der Waals surface area contributed by atoms with Gasteiger partial charge in [-0.1, -0.05) is 48.5 Å². The average Bonchev–Trinajstić information content (AvgIpc) is 3.35. The molecule has 6 nitrogen and oxygen atoms in total. The van der Waals surface area contributed by atoms with Gasteiger partial charge in [-0.05, 0) is 13.0 Å². The van der Waals surface area contributed by atoms with Gasteiger partial charge in [0.05, 0.1) is 41.8 Å². The Morgan fingerprint density at radius 2 is 1.75 bits per heavy atom. The third kappa shape index (κ3) is 3.20. The highest BCUT2D eigenvalue weighted by molar-refractivity contribution is 5.97. The summed E-state index contributed by atoms with van der Waals surface area (Å²) in [6, 6.07) is 16.9. The molecule has 6 heteroatoms. The molecule has 28 heavy (non-hydrogen) atoms. The maximum Gasteiger partial charge on any atom is 0.336 e. The highest BCUT2D eigenvalue weighted by atomic mass is 16.4. The zero-order valence-electron chi connectivity index (χ0n) is 15.5. The van der Waals surface area contributed by atoms with E-state index < -0.39 is 5.97 Å². The number of nitrogens with zero attached hydrogens (tertiary/aromatic N) is 4. The number of aromatic nitrogens is 4. The fourth-order valence-corrected chi connectivity index (χ4v) is 3.41. The van der Waals surface area contributed by atoms with Crippen LogP contribution in [0.2, 0.25) is 0 Å². The van der Waals surface area contributed by atoms with Gasteiger partial charge in [0, 0.05) is 23.9 Å². The van der Waals surface area contributed by atoms with Crippen LogP contribution >= 0.6 is 0 Å². The lowest BCUT2D eigenvalue weighted by atomic mass is 10.00. The topological polar surface area (TPSA) is 72.9 Å². The van der Waals surface area contributed by atoms with Crippen LogP contribution in [0.4, 0.5) is 0 Å². The third-order valence-corrected chi connectivity index (χ3v) is 4.77. The van der Waals surface area contributed by atoms with E-state index in [2.05, 4.69) is 21.5 Å². The number of rotatable bonds is 6. The van der Waals surface area contributed by atoms with Crippen molar-refractivity contribution >= 4 is 5.97 Å². The van der Waals surface area contributed by atoms with E-state index in [-0.39, 0.29) is 5.56 Å². The van der Waals surface area contributed by atoms with Crippen LogP contribution in [0.5, 0.6) is 0 Å². The summed E-state index contributed by atoms with van der Waals surface area (Å²) in [7, 11) is 0. The molecular formula is C22H20N4O2. The number of benzene rings is 2. The standard InChI is InChI=1S/C22H20N4O2/c1-2-25-14-23-12-17(25)13-26-15-24-20(16-8-4-3-5-9-16)21(26)18-10-6-7-11-19(18)22(27)28/h3-12,14-15H,2,13H2,1H3,(H,27,28). The lowest BCUT2D eigenvalue weighted by Gasteiger charge is -2.13. The maximum absolute atomic E-state index is 11.8. The van der Waals surface area contributed by atoms with Crippen LogP contribution in [-0.2, 0) is 13.1 Å². The minimum atomic E-state index is -0.957. The number of carbonyl (C=O) groups is 1. The number of carboxylic acids is 1. The second-order valence-corrected chi connectivity index (χ2v) is 6.46. The van der Waals surface area contributed by atoms with Gasteiger partial charge in [-0.2, -0.15) is 0 Å². The van der Waals surface area contributed by atoms with Gasteiger partial charge >= 0.3 is 5.97 Å². The van der Waals surface area contributed by atoms with Crippen molar-refractivity contribution in [3.8, 4) is 22.5 Å². The molecule has 2 aromatic heterocycles. The first kappa shape index (κ1) is 17.7. The van der Waals surface area contributed by atoms with Crippen molar-refractivity contribution in [3.63, 3.8) is 0 Å². The van der Waals surface area contributed by atoms with E-state index in [9.17, 15) is 9.90 Å². The van der Waals surface area contributed by atoms with E-state index in [1.54, 1.807) is 24.8 Å². The largest absolute Gasteiger partial charge is 0.478 e. The molecule has 0 aliphatic rings. The molecule has 0 aliphatic carbocycles. The number of hydrogen-bond donors (Lipinski definition) is 1. The summed E-state index contributed by atoms with van der Waals surface area (Å²) in [6.45, 7) is 3.43. The van der Waals surface area contributed by atoms with Crippen LogP contribution in [0.25, 0.3) is 22.5 Å². The Bertz CT molecular complexity index is 1110. The number of carboxylic acid groups (broad SMARTS) is 1. The first-order chi connectivity index (χ1) is 13.7. The van der Waals surface area contributed by atoms with Gasteiger partial charge in [0.2, 0.25) is 0 Å². The summed E-state index contributed by atoms with van der Waals surface area (Å²) in [5, 5.41) is 9.71. The molecule has 0 spiro atoms. The molecule has 2 heterocycles. The summed E-state index contributed by atoms with van der Waals surface area (Å²) in [5.41, 5.74) is 4.43. The Balaban J connectivity index is 1.91. The Hall–Kier alpha value is -3.67. The Morgan fingerprint density at radius 1 is 1.00 bits per heavy atom. The van der Waals surface area contributed by atoms with Crippen LogP contribution in [0.1, 0.15) is 23.0 Å². The van der Waals surface area contributed by atoms with E-state index in [0.717, 1.165) is 29.2 Å². The zero-order chi connectivity index (χ0) is 19.5. The van der Waals surface area contributed by atoms with Crippen LogP contribution < -0.4 is 0 Å². The van der Waals surface area contributed by atoms with E-state index in [0.29, 0.717) is 12.1 Å². The van der Waals surface area contributed by atoms with Gasteiger partial charge in [-0.25, -0.2) is 14.8 Å². The lowest BCUT2D eigenvalue weighted by molar-refractivity contribution is 0.0697. The van der Waals surface area contributed by atoms with Crippen molar-refractivity contribution in [3.05, 3.63) is 84.7 Å². The van der Waals surface area contributed by atoms with Crippen molar-refractivity contribution in [2.24, 2.45) is 0 Å². The summed E-state index contributed by atoms with van der Waals surface area (Å²) in [5.74, 6) is -0.957. The quantitative estimate of drug-likeness (QED) is 0.551. The fourth-order valence-electron chi connectivity index (χ4n) is 3.41. The first-order valence-electron chi connectivity index (χ1n) is 9.11. The molecule has 1 N–H and O–H groups in total. The molecule has 140 valence electrons. The molecule has 0 fully saturated rings. The Labute approximate surface area is 162 Å². The van der Waals surface area contributed by atoms with Gasteiger partial charge in [0.1, 0.15) is 0 Å². The molecule has 0 saturated heterocycles. The number of imidazole rings is 2. The van der Waals surface area contributed by atoms with Crippen LogP contribution in [-0.4, -0.2) is 30.2 Å². The number of hydrogen-bond acceptors (Lipinski definition) is 3. The average molecular weight is 372 g/mol. The molecule has 0 aliphatic heterocycles. The molecule has 4 aromatic rings. The molecule has 0 unspecified atom stereocenters. The monoisotopic (exact) mass is 372 g/mol. The SMILES string of the molecule is CCn1cncc1Cn1cnc(-c2ccccc2)c1-c1ccccc1C(=O)O. The molecule has 0 amide bonds. The summed E-state index contributed by atoms with van der Waals surface area (Å²) in [4.78, 5) is 20.7. The lowest BCUT2D eigenvalue weighted by Crippen LogP contribution is -2.08.